The lowest BCUT2D eigenvalue weighted by molar-refractivity contribution is 0.0140. The summed E-state index contributed by atoms with van der Waals surface area (Å²) in [5.41, 5.74) is 6.65. The monoisotopic (exact) mass is 298 g/mol. The summed E-state index contributed by atoms with van der Waals surface area (Å²) in [4.78, 5) is 14.9. The van der Waals surface area contributed by atoms with Crippen LogP contribution >= 0.6 is 0 Å². The third-order valence-electron chi connectivity index (χ3n) is 4.55. The van der Waals surface area contributed by atoms with Crippen molar-refractivity contribution >= 4 is 16.7 Å². The first-order valence-corrected chi connectivity index (χ1v) is 7.76. The Morgan fingerprint density at radius 1 is 1.27 bits per heavy atom. The van der Waals surface area contributed by atoms with Crippen LogP contribution < -0.4 is 5.73 Å². The Hall–Kier alpha value is -1.91. The van der Waals surface area contributed by atoms with Crippen molar-refractivity contribution in [2.75, 3.05) is 20.2 Å². The summed E-state index contributed by atoms with van der Waals surface area (Å²) in [5.74, 6) is 0.0711. The number of ether oxygens (including phenoxy) is 1. The van der Waals surface area contributed by atoms with Crippen LogP contribution in [0.3, 0.4) is 0 Å². The lowest BCUT2D eigenvalue weighted by Gasteiger charge is -2.38. The summed E-state index contributed by atoms with van der Waals surface area (Å²) in [6, 6.07) is 13.9. The van der Waals surface area contributed by atoms with Crippen molar-refractivity contribution in [2.24, 2.45) is 5.73 Å². The number of carbonyl (C=O) groups excluding carboxylic acids is 1. The lowest BCUT2D eigenvalue weighted by atomic mass is 9.96. The molecular weight excluding hydrogens is 276 g/mol. The molecule has 0 aromatic heterocycles. The summed E-state index contributed by atoms with van der Waals surface area (Å²) in [6.45, 7) is 1.17. The lowest BCUT2D eigenvalue weighted by Crippen LogP contribution is -2.51. The normalized spacial score (nSPS) is 22.0. The molecule has 2 atom stereocenters. The third kappa shape index (κ3) is 2.72. The average Bonchev–Trinajstić information content (AvgIpc) is 2.60. The van der Waals surface area contributed by atoms with Crippen LogP contribution in [0.25, 0.3) is 10.8 Å². The molecule has 0 bridgehead atoms. The van der Waals surface area contributed by atoms with Gasteiger partial charge in [-0.25, -0.2) is 0 Å². The van der Waals surface area contributed by atoms with Gasteiger partial charge in [0.05, 0.1) is 6.10 Å². The minimum Gasteiger partial charge on any atom is -0.381 e. The van der Waals surface area contributed by atoms with Gasteiger partial charge < -0.3 is 15.4 Å². The number of rotatable bonds is 3. The second kappa shape index (κ2) is 6.46. The van der Waals surface area contributed by atoms with Gasteiger partial charge in [0.1, 0.15) is 0 Å². The number of fused-ring (bicyclic) bond motifs is 1. The molecule has 1 aliphatic rings. The number of methoxy groups -OCH3 is 1. The van der Waals surface area contributed by atoms with Crippen molar-refractivity contribution < 1.29 is 9.53 Å². The Kier molecular flexibility index (Phi) is 4.41. The van der Waals surface area contributed by atoms with E-state index in [0.717, 1.165) is 29.2 Å². The maximum absolute atomic E-state index is 13.0. The standard InChI is InChI=1S/C18H22N2O2/c1-22-15-9-10-20(14(11-15)12-19)18(21)17-8-4-6-13-5-2-3-7-16(13)17/h2-8,14-15H,9-12,19H2,1H3. The van der Waals surface area contributed by atoms with Crippen molar-refractivity contribution in [2.45, 2.75) is 25.0 Å². The molecule has 0 aliphatic carbocycles. The predicted octanol–water partition coefficient (Wildman–Crippen LogP) is 2.42. The largest absolute Gasteiger partial charge is 0.381 e. The van der Waals surface area contributed by atoms with E-state index in [2.05, 4.69) is 0 Å². The molecule has 2 aromatic carbocycles. The van der Waals surface area contributed by atoms with Gasteiger partial charge in [0, 0.05) is 31.8 Å². The highest BCUT2D eigenvalue weighted by Gasteiger charge is 2.31. The van der Waals surface area contributed by atoms with Crippen LogP contribution in [-0.4, -0.2) is 43.2 Å². The van der Waals surface area contributed by atoms with Crippen molar-refractivity contribution in [3.63, 3.8) is 0 Å². The van der Waals surface area contributed by atoms with Gasteiger partial charge in [-0.05, 0) is 29.7 Å². The minimum absolute atomic E-state index is 0.0465. The van der Waals surface area contributed by atoms with E-state index in [0.29, 0.717) is 13.1 Å². The molecule has 0 spiro atoms. The molecule has 0 radical (unpaired) electrons. The topological polar surface area (TPSA) is 55.6 Å². The Morgan fingerprint density at radius 2 is 2.05 bits per heavy atom. The van der Waals surface area contributed by atoms with Crippen molar-refractivity contribution in [3.8, 4) is 0 Å². The Bertz CT molecular complexity index is 666. The highest BCUT2D eigenvalue weighted by molar-refractivity contribution is 6.07. The first-order chi connectivity index (χ1) is 10.7. The summed E-state index contributed by atoms with van der Waals surface area (Å²) in [6.07, 6.45) is 1.87. The molecule has 3 rings (SSSR count). The first kappa shape index (κ1) is 15.0. The van der Waals surface area contributed by atoms with E-state index in [9.17, 15) is 4.79 Å². The molecule has 4 heteroatoms. The highest BCUT2D eigenvalue weighted by Crippen LogP contribution is 2.25. The molecular formula is C18H22N2O2. The summed E-state index contributed by atoms with van der Waals surface area (Å²) >= 11 is 0. The van der Waals surface area contributed by atoms with E-state index in [1.165, 1.54) is 0 Å². The van der Waals surface area contributed by atoms with E-state index in [1.54, 1.807) is 7.11 Å². The fourth-order valence-electron chi connectivity index (χ4n) is 3.29. The molecule has 1 saturated heterocycles. The average molecular weight is 298 g/mol. The maximum Gasteiger partial charge on any atom is 0.254 e. The smallest absolute Gasteiger partial charge is 0.254 e. The third-order valence-corrected chi connectivity index (χ3v) is 4.55. The fourth-order valence-corrected chi connectivity index (χ4v) is 3.29. The van der Waals surface area contributed by atoms with Crippen molar-refractivity contribution in [3.05, 3.63) is 48.0 Å². The Labute approximate surface area is 130 Å². The van der Waals surface area contributed by atoms with Gasteiger partial charge in [0.15, 0.2) is 0 Å². The van der Waals surface area contributed by atoms with E-state index in [4.69, 9.17) is 10.5 Å². The van der Waals surface area contributed by atoms with Gasteiger partial charge in [-0.1, -0.05) is 36.4 Å². The van der Waals surface area contributed by atoms with E-state index >= 15 is 0 Å². The minimum atomic E-state index is 0.0465. The number of carbonyl (C=O) groups is 1. The molecule has 1 amide bonds. The van der Waals surface area contributed by atoms with Crippen LogP contribution in [-0.2, 0) is 4.74 Å². The molecule has 1 aliphatic heterocycles. The van der Waals surface area contributed by atoms with Gasteiger partial charge in [-0.15, -0.1) is 0 Å². The molecule has 2 unspecified atom stereocenters. The van der Waals surface area contributed by atoms with E-state index < -0.39 is 0 Å². The second-order valence-electron chi connectivity index (χ2n) is 5.80. The molecule has 116 valence electrons. The van der Waals surface area contributed by atoms with Crippen molar-refractivity contribution in [1.82, 2.24) is 4.90 Å². The Balaban J connectivity index is 1.92. The van der Waals surface area contributed by atoms with Crippen LogP contribution in [0.15, 0.2) is 42.5 Å². The SMILES string of the molecule is COC1CCN(C(=O)c2cccc3ccccc23)C(CN)C1. The van der Waals surface area contributed by atoms with Gasteiger partial charge in [0.2, 0.25) is 0 Å². The van der Waals surface area contributed by atoms with E-state index in [1.807, 2.05) is 47.4 Å². The quantitative estimate of drug-likeness (QED) is 0.947. The number of amides is 1. The fraction of sp³-hybridized carbons (Fsp3) is 0.389. The van der Waals surface area contributed by atoms with E-state index in [-0.39, 0.29) is 18.1 Å². The zero-order valence-electron chi connectivity index (χ0n) is 12.9. The molecule has 2 aromatic rings. The molecule has 0 saturated carbocycles. The molecule has 4 nitrogen and oxygen atoms in total. The van der Waals surface area contributed by atoms with Gasteiger partial charge in [-0.2, -0.15) is 0 Å². The molecule has 22 heavy (non-hydrogen) atoms. The Morgan fingerprint density at radius 3 is 2.82 bits per heavy atom. The summed E-state index contributed by atoms with van der Waals surface area (Å²) in [7, 11) is 1.72. The highest BCUT2D eigenvalue weighted by atomic mass is 16.5. The molecule has 2 N–H and O–H groups in total. The molecule has 1 heterocycles. The number of piperidine rings is 1. The van der Waals surface area contributed by atoms with Gasteiger partial charge >= 0.3 is 0 Å². The first-order valence-electron chi connectivity index (χ1n) is 7.76. The van der Waals surface area contributed by atoms with Crippen LogP contribution in [0.1, 0.15) is 23.2 Å². The molecule has 1 fully saturated rings. The number of nitrogens with zero attached hydrogens (tertiary/aromatic N) is 1. The van der Waals surface area contributed by atoms with Crippen LogP contribution in [0, 0.1) is 0 Å². The number of nitrogens with two attached hydrogens (primary N) is 1. The van der Waals surface area contributed by atoms with Crippen LogP contribution in [0.2, 0.25) is 0 Å². The zero-order valence-corrected chi connectivity index (χ0v) is 12.9. The number of likely N-dealkylation sites (tertiary alicyclic amines) is 1. The van der Waals surface area contributed by atoms with Gasteiger partial charge in [-0.3, -0.25) is 4.79 Å². The second-order valence-corrected chi connectivity index (χ2v) is 5.80. The number of benzene rings is 2. The summed E-state index contributed by atoms with van der Waals surface area (Å²) in [5, 5.41) is 2.09. The van der Waals surface area contributed by atoms with Gasteiger partial charge in [0.25, 0.3) is 5.91 Å². The maximum atomic E-state index is 13.0. The van der Waals surface area contributed by atoms with Crippen molar-refractivity contribution in [1.29, 1.82) is 0 Å². The zero-order chi connectivity index (χ0) is 15.5. The van der Waals surface area contributed by atoms with Crippen LogP contribution in [0.5, 0.6) is 0 Å². The number of hydrogen-bond acceptors (Lipinski definition) is 3. The summed E-state index contributed by atoms with van der Waals surface area (Å²) < 4.78 is 5.43. The number of hydrogen-bond donors (Lipinski definition) is 1. The predicted molar refractivity (Wildman–Crippen MR) is 87.9 cm³/mol. The van der Waals surface area contributed by atoms with Crippen LogP contribution in [0.4, 0.5) is 0 Å².